The number of ether oxygens (including phenoxy) is 4. The maximum Gasteiger partial charge on any atom is 0.411 e. The third kappa shape index (κ3) is 11.7. The van der Waals surface area contributed by atoms with Crippen LogP contribution in [0.3, 0.4) is 0 Å². The molecule has 2 aromatic carbocycles. The molecular weight excluding hydrogens is 608 g/mol. The number of benzene rings is 2. The van der Waals surface area contributed by atoms with Crippen molar-refractivity contribution in [3.63, 3.8) is 0 Å². The van der Waals surface area contributed by atoms with Gasteiger partial charge in [0.2, 0.25) is 0 Å². The van der Waals surface area contributed by atoms with Gasteiger partial charge in [0, 0.05) is 6.54 Å². The smallest absolute Gasteiger partial charge is 0.411 e. The van der Waals surface area contributed by atoms with Crippen molar-refractivity contribution in [1.29, 1.82) is 0 Å². The van der Waals surface area contributed by atoms with Gasteiger partial charge in [0.25, 0.3) is 0 Å². The molecule has 2 amide bonds. The van der Waals surface area contributed by atoms with Crippen molar-refractivity contribution >= 4 is 24.1 Å². The van der Waals surface area contributed by atoms with Crippen LogP contribution in [0.5, 0.6) is 0 Å². The van der Waals surface area contributed by atoms with E-state index in [0.29, 0.717) is 6.54 Å². The van der Waals surface area contributed by atoms with Crippen LogP contribution in [0.4, 0.5) is 9.59 Å². The number of nitrogens with zero attached hydrogens (tertiary/aromatic N) is 2. The summed E-state index contributed by atoms with van der Waals surface area (Å²) in [4.78, 5) is 51.0. The lowest BCUT2D eigenvalue weighted by atomic mass is 10.2. The third-order valence-electron chi connectivity index (χ3n) is 6.31. The van der Waals surface area contributed by atoms with Crippen LogP contribution in [-0.4, -0.2) is 80.5 Å². The lowest BCUT2D eigenvalue weighted by Crippen LogP contribution is -2.45. The van der Waals surface area contributed by atoms with Gasteiger partial charge in [-0.1, -0.05) is 80.2 Å². The van der Waals surface area contributed by atoms with Crippen molar-refractivity contribution in [3.05, 3.63) is 95.5 Å². The van der Waals surface area contributed by atoms with Gasteiger partial charge in [-0.2, -0.15) is 0 Å². The van der Waals surface area contributed by atoms with E-state index in [2.05, 4.69) is 0 Å². The van der Waals surface area contributed by atoms with Crippen LogP contribution in [0.15, 0.2) is 84.3 Å². The molecule has 0 spiro atoms. The summed E-state index contributed by atoms with van der Waals surface area (Å²) < 4.78 is 20.9. The molecule has 12 heteroatoms. The predicted molar refractivity (Wildman–Crippen MR) is 174 cm³/mol. The fourth-order valence-electron chi connectivity index (χ4n) is 4.23. The highest BCUT2D eigenvalue weighted by Gasteiger charge is 2.44. The Labute approximate surface area is 276 Å². The molecule has 47 heavy (non-hydrogen) atoms. The highest BCUT2D eigenvalue weighted by molar-refractivity contribution is 5.86. The van der Waals surface area contributed by atoms with Crippen molar-refractivity contribution < 1.29 is 48.3 Å². The molecule has 0 saturated carbocycles. The monoisotopic (exact) mass is 654 g/mol. The Morgan fingerprint density at radius 2 is 1.17 bits per heavy atom. The van der Waals surface area contributed by atoms with Gasteiger partial charge in [-0.3, -0.25) is 9.80 Å². The largest absolute Gasteiger partial charge is 0.507 e. The maximum absolute atomic E-state index is 12.3. The minimum Gasteiger partial charge on any atom is -0.507 e. The van der Waals surface area contributed by atoms with Gasteiger partial charge in [0.05, 0.1) is 6.54 Å². The molecule has 0 saturated heterocycles. The molecule has 12 nitrogen and oxygen atoms in total. The van der Waals surface area contributed by atoms with Crippen molar-refractivity contribution in [2.45, 2.75) is 85.5 Å². The number of aliphatic hydroxyl groups is 2. The second kappa shape index (κ2) is 16.5. The topological polar surface area (TPSA) is 152 Å². The summed E-state index contributed by atoms with van der Waals surface area (Å²) in [7, 11) is 0. The summed E-state index contributed by atoms with van der Waals surface area (Å²) in [6.07, 6.45) is 2.09. The Hall–Kier alpha value is -5.00. The van der Waals surface area contributed by atoms with E-state index < -0.39 is 58.9 Å². The number of carbonyl (C=O) groups is 4. The molecule has 0 fully saturated rings. The third-order valence-corrected chi connectivity index (χ3v) is 6.31. The Morgan fingerprint density at radius 1 is 0.723 bits per heavy atom. The fraction of sp³-hybridized carbons (Fsp3) is 0.429. The Bertz CT molecular complexity index is 1430. The highest BCUT2D eigenvalue weighted by atomic mass is 16.6. The normalized spacial score (nSPS) is 17.2. The average molecular weight is 655 g/mol. The molecule has 2 N–H and O–H groups in total. The van der Waals surface area contributed by atoms with Crippen LogP contribution < -0.4 is 0 Å². The van der Waals surface area contributed by atoms with Gasteiger partial charge in [0.1, 0.15) is 24.4 Å². The van der Waals surface area contributed by atoms with Gasteiger partial charge in [-0.05, 0) is 52.7 Å². The van der Waals surface area contributed by atoms with E-state index in [1.165, 1.54) is 4.90 Å². The maximum atomic E-state index is 12.3. The second-order valence-corrected chi connectivity index (χ2v) is 12.5. The van der Waals surface area contributed by atoms with Crippen LogP contribution in [0.1, 0.15) is 60.1 Å². The average Bonchev–Trinajstić information content (AvgIpc) is 3.59. The summed E-state index contributed by atoms with van der Waals surface area (Å²) in [6, 6.07) is 16.3. The summed E-state index contributed by atoms with van der Waals surface area (Å²) in [5, 5.41) is 19.6. The molecule has 4 rings (SSSR count). The van der Waals surface area contributed by atoms with Crippen molar-refractivity contribution in [3.8, 4) is 0 Å². The first-order chi connectivity index (χ1) is 21.6. The van der Waals surface area contributed by atoms with E-state index in [4.69, 9.17) is 18.9 Å². The van der Waals surface area contributed by atoms with Crippen molar-refractivity contribution in [2.75, 3.05) is 13.1 Å². The van der Waals surface area contributed by atoms with E-state index in [-0.39, 0.29) is 27.2 Å². The fourth-order valence-corrected chi connectivity index (χ4v) is 4.23. The van der Waals surface area contributed by atoms with E-state index in [1.807, 2.05) is 36.4 Å². The summed E-state index contributed by atoms with van der Waals surface area (Å²) in [6.45, 7) is 10.6. The zero-order valence-electron chi connectivity index (χ0n) is 27.0. The second-order valence-electron chi connectivity index (χ2n) is 12.5. The zero-order chi connectivity index (χ0) is 34.1. The molecular formula is C35H46N2O10. The van der Waals surface area contributed by atoms with Crippen LogP contribution in [0, 0.1) is 0 Å². The molecule has 2 aromatic rings. The summed E-state index contributed by atoms with van der Waals surface area (Å²) >= 11 is 0. The molecule has 0 aromatic heterocycles. The van der Waals surface area contributed by atoms with Crippen LogP contribution in [0.2, 0.25) is 0 Å². The number of rotatable bonds is 6. The number of amides is 2. The van der Waals surface area contributed by atoms with E-state index in [1.54, 1.807) is 78.0 Å². The first-order valence-corrected chi connectivity index (χ1v) is 14.7. The highest BCUT2D eigenvalue weighted by Crippen LogP contribution is 2.25. The predicted octanol–water partition coefficient (Wildman–Crippen LogP) is 6.22. The van der Waals surface area contributed by atoms with Gasteiger partial charge < -0.3 is 29.2 Å². The first-order valence-electron chi connectivity index (χ1n) is 14.7. The Balaban J connectivity index is 0.000000321. The van der Waals surface area contributed by atoms with Crippen molar-refractivity contribution in [1.82, 2.24) is 9.80 Å². The molecule has 256 valence electrons. The standard InChI is InChI=1S/C17H21NO6.C17H21NO4.CH4/c1-17(2,3)24-16(22)18-9-12(19)14(20)13(18)15(21)23-10-11-7-5-4-6-8-11;1-17(2,3)22-16(20)18-11-7-10-14(18)15(19)21-12-13-8-5-4-6-9-13;/h4-8,13,19-20H,9-10H2,1-3H3;4-10,14H,11-12H2,1-3H3;1H4/t13-;14-;/m00./s1. The van der Waals surface area contributed by atoms with Gasteiger partial charge in [-0.25, -0.2) is 19.2 Å². The molecule has 2 atom stereocenters. The Morgan fingerprint density at radius 3 is 1.64 bits per heavy atom. The Kier molecular flexibility index (Phi) is 13.4. The molecule has 0 aliphatic carbocycles. The number of esters is 2. The van der Waals surface area contributed by atoms with E-state index in [0.717, 1.165) is 16.0 Å². The van der Waals surface area contributed by atoms with Gasteiger partial charge in [-0.15, -0.1) is 0 Å². The molecule has 2 aliphatic heterocycles. The molecule has 0 radical (unpaired) electrons. The van der Waals surface area contributed by atoms with E-state index >= 15 is 0 Å². The van der Waals surface area contributed by atoms with Gasteiger partial charge >= 0.3 is 24.1 Å². The van der Waals surface area contributed by atoms with E-state index in [9.17, 15) is 29.4 Å². The summed E-state index contributed by atoms with van der Waals surface area (Å²) in [5.41, 5.74) is 0.295. The first kappa shape index (κ1) is 38.2. The minimum atomic E-state index is -1.41. The number of carbonyl (C=O) groups excluding carboxylic acids is 4. The molecule has 0 unspecified atom stereocenters. The zero-order valence-corrected chi connectivity index (χ0v) is 27.0. The van der Waals surface area contributed by atoms with Crippen LogP contribution >= 0.6 is 0 Å². The van der Waals surface area contributed by atoms with Crippen LogP contribution in [-0.2, 0) is 41.8 Å². The SMILES string of the molecule is C.CC(C)(C)OC(=O)N1CC(O)=C(O)[C@H]1C(=O)OCc1ccccc1.CC(C)(C)OC(=O)N1CC=C[C@H]1C(=O)OCc1ccccc1. The lowest BCUT2D eigenvalue weighted by Gasteiger charge is -2.27. The van der Waals surface area contributed by atoms with Crippen molar-refractivity contribution in [2.24, 2.45) is 0 Å². The number of hydrogen-bond donors (Lipinski definition) is 2. The molecule has 0 bridgehead atoms. The summed E-state index contributed by atoms with van der Waals surface area (Å²) in [5.74, 6) is -2.35. The van der Waals surface area contributed by atoms with Gasteiger partial charge in [0.15, 0.2) is 23.6 Å². The lowest BCUT2D eigenvalue weighted by molar-refractivity contribution is -0.150. The minimum absolute atomic E-state index is 0. The quantitative estimate of drug-likeness (QED) is 0.209. The molecule has 2 aliphatic rings. The van der Waals surface area contributed by atoms with Crippen LogP contribution in [0.25, 0.3) is 0 Å². The molecule has 2 heterocycles. The number of hydrogen-bond acceptors (Lipinski definition) is 10. The number of aliphatic hydroxyl groups excluding tert-OH is 2.